The van der Waals surface area contributed by atoms with Gasteiger partial charge in [0.2, 0.25) is 11.8 Å². The maximum Gasteiger partial charge on any atom is 0.416 e. The molecule has 0 spiro atoms. The number of rotatable bonds is 7. The molecule has 2 fully saturated rings. The normalized spacial score (nSPS) is 17.3. The molecule has 2 heterocycles. The molecular weight excluding hydrogens is 501 g/mol. The van der Waals surface area contributed by atoms with Crippen molar-refractivity contribution in [1.82, 2.24) is 9.80 Å². The van der Waals surface area contributed by atoms with Gasteiger partial charge in [0.15, 0.2) is 0 Å². The molecule has 2 aromatic carbocycles. The van der Waals surface area contributed by atoms with Gasteiger partial charge in [0, 0.05) is 43.9 Å². The van der Waals surface area contributed by atoms with Crippen LogP contribution in [0.15, 0.2) is 42.5 Å². The molecule has 2 aliphatic rings. The van der Waals surface area contributed by atoms with Crippen molar-refractivity contribution >= 4 is 23.2 Å². The Morgan fingerprint density at radius 3 is 2.29 bits per heavy atom. The quantitative estimate of drug-likeness (QED) is 0.584. The number of nitrogens with one attached hydrogen (secondary N) is 1. The lowest BCUT2D eigenvalue weighted by Gasteiger charge is -2.39. The fourth-order valence-electron chi connectivity index (χ4n) is 4.95. The van der Waals surface area contributed by atoms with Crippen molar-refractivity contribution in [2.24, 2.45) is 5.92 Å². The first kappa shape index (κ1) is 27.6. The smallest absolute Gasteiger partial charge is 0.416 e. The first-order valence-electron chi connectivity index (χ1n) is 12.6. The van der Waals surface area contributed by atoms with E-state index in [2.05, 4.69) is 5.32 Å². The Morgan fingerprint density at radius 1 is 0.947 bits per heavy atom. The maximum atomic E-state index is 13.1. The van der Waals surface area contributed by atoms with Crippen molar-refractivity contribution in [3.05, 3.63) is 48.0 Å². The number of hydrogen-bond acceptors (Lipinski definition) is 6. The molecule has 4 rings (SSSR count). The number of benzene rings is 2. The molecule has 2 saturated heterocycles. The minimum absolute atomic E-state index is 0.0840. The van der Waals surface area contributed by atoms with Crippen LogP contribution in [0, 0.1) is 5.92 Å². The zero-order chi connectivity index (χ0) is 27.3. The minimum Gasteiger partial charge on any atom is -0.497 e. The summed E-state index contributed by atoms with van der Waals surface area (Å²) in [6.45, 7) is 3.40. The van der Waals surface area contributed by atoms with Gasteiger partial charge in [-0.1, -0.05) is 6.07 Å². The molecule has 0 saturated carbocycles. The van der Waals surface area contributed by atoms with Crippen LogP contribution in [0.4, 0.5) is 24.5 Å². The van der Waals surface area contributed by atoms with E-state index in [1.165, 1.54) is 13.2 Å². The van der Waals surface area contributed by atoms with Gasteiger partial charge in [-0.25, -0.2) is 0 Å². The van der Waals surface area contributed by atoms with Crippen LogP contribution in [-0.4, -0.2) is 81.6 Å². The molecule has 0 aromatic heterocycles. The van der Waals surface area contributed by atoms with Gasteiger partial charge >= 0.3 is 6.18 Å². The molecule has 11 heteroatoms. The fourth-order valence-corrected chi connectivity index (χ4v) is 4.95. The predicted molar refractivity (Wildman–Crippen MR) is 138 cm³/mol. The van der Waals surface area contributed by atoms with Gasteiger partial charge in [-0.05, 0) is 56.3 Å². The van der Waals surface area contributed by atoms with E-state index < -0.39 is 11.7 Å². The number of likely N-dealkylation sites (tertiary alicyclic amines) is 1. The van der Waals surface area contributed by atoms with Crippen LogP contribution in [-0.2, 0) is 15.8 Å². The number of piperazine rings is 1. The Kier molecular flexibility index (Phi) is 8.65. The van der Waals surface area contributed by atoms with Crippen molar-refractivity contribution < 1.29 is 32.2 Å². The second kappa shape index (κ2) is 11.9. The van der Waals surface area contributed by atoms with E-state index in [1.54, 1.807) is 31.4 Å². The van der Waals surface area contributed by atoms with Gasteiger partial charge in [0.05, 0.1) is 32.0 Å². The Morgan fingerprint density at radius 2 is 1.66 bits per heavy atom. The molecule has 0 radical (unpaired) electrons. The van der Waals surface area contributed by atoms with Gasteiger partial charge < -0.3 is 24.6 Å². The lowest BCUT2D eigenvalue weighted by Crippen LogP contribution is -2.52. The van der Waals surface area contributed by atoms with Gasteiger partial charge in [-0.15, -0.1) is 0 Å². The second-order valence-corrected chi connectivity index (χ2v) is 9.53. The highest BCUT2D eigenvalue weighted by Gasteiger charge is 2.33. The molecule has 1 N–H and O–H groups in total. The Labute approximate surface area is 220 Å². The molecular formula is C27H33F3N4O4. The van der Waals surface area contributed by atoms with Crippen LogP contribution in [0.3, 0.4) is 0 Å². The lowest BCUT2D eigenvalue weighted by atomic mass is 9.95. The molecule has 0 bridgehead atoms. The summed E-state index contributed by atoms with van der Waals surface area (Å²) in [7, 11) is 3.08. The monoisotopic (exact) mass is 534 g/mol. The number of nitrogens with zero attached hydrogens (tertiary/aromatic N) is 3. The molecule has 38 heavy (non-hydrogen) atoms. The molecule has 0 atom stereocenters. The minimum atomic E-state index is -4.38. The van der Waals surface area contributed by atoms with E-state index in [4.69, 9.17) is 9.47 Å². The Hall–Kier alpha value is -3.47. The highest BCUT2D eigenvalue weighted by atomic mass is 19.4. The summed E-state index contributed by atoms with van der Waals surface area (Å²) in [4.78, 5) is 31.4. The average Bonchev–Trinajstić information content (AvgIpc) is 2.93. The van der Waals surface area contributed by atoms with Gasteiger partial charge in [0.1, 0.15) is 11.5 Å². The van der Waals surface area contributed by atoms with Crippen LogP contribution in [0.1, 0.15) is 18.4 Å². The molecule has 206 valence electrons. The van der Waals surface area contributed by atoms with E-state index in [0.717, 1.165) is 12.1 Å². The molecule has 2 amide bonds. The van der Waals surface area contributed by atoms with Crippen LogP contribution in [0.5, 0.6) is 11.5 Å². The van der Waals surface area contributed by atoms with Crippen LogP contribution >= 0.6 is 0 Å². The number of carbonyl (C=O) groups excluding carboxylic acids is 2. The summed E-state index contributed by atoms with van der Waals surface area (Å²) < 4.78 is 49.7. The number of methoxy groups -OCH3 is 2. The average molecular weight is 535 g/mol. The SMILES string of the molecule is COc1ccc(NC(=O)CN2CCC(C(=O)N3CCN(c4cccc(C(F)(F)F)c4)CC3)CC2)c(OC)c1. The summed E-state index contributed by atoms with van der Waals surface area (Å²) in [6, 6.07) is 10.5. The summed E-state index contributed by atoms with van der Waals surface area (Å²) in [5, 5.41) is 2.87. The largest absolute Gasteiger partial charge is 0.497 e. The van der Waals surface area contributed by atoms with E-state index in [1.807, 2.05) is 14.7 Å². The lowest BCUT2D eigenvalue weighted by molar-refractivity contribution is -0.138. The standard InChI is InChI=1S/C27H33F3N4O4/c1-37-22-6-7-23(24(17-22)38-2)31-25(35)18-32-10-8-19(9-11-32)26(36)34-14-12-33(13-15-34)21-5-3-4-20(16-21)27(28,29)30/h3-7,16-17,19H,8-15,18H2,1-2H3,(H,31,35). The van der Waals surface area contributed by atoms with Crippen molar-refractivity contribution in [3.8, 4) is 11.5 Å². The zero-order valence-corrected chi connectivity index (χ0v) is 21.6. The van der Waals surface area contributed by atoms with Crippen LogP contribution < -0.4 is 19.7 Å². The van der Waals surface area contributed by atoms with Crippen LogP contribution in [0.2, 0.25) is 0 Å². The fraction of sp³-hybridized carbons (Fsp3) is 0.481. The second-order valence-electron chi connectivity index (χ2n) is 9.53. The third-order valence-electron chi connectivity index (χ3n) is 7.12. The number of hydrogen-bond donors (Lipinski definition) is 1. The Balaban J connectivity index is 1.22. The van der Waals surface area contributed by atoms with Crippen LogP contribution in [0.25, 0.3) is 0 Å². The molecule has 2 aliphatic heterocycles. The van der Waals surface area contributed by atoms with Gasteiger partial charge in [-0.3, -0.25) is 14.5 Å². The van der Waals surface area contributed by atoms with Crippen molar-refractivity contribution in [1.29, 1.82) is 0 Å². The molecule has 8 nitrogen and oxygen atoms in total. The third kappa shape index (κ3) is 6.69. The number of piperidine rings is 1. The number of ether oxygens (including phenoxy) is 2. The Bertz CT molecular complexity index is 1130. The number of halogens is 3. The molecule has 0 aliphatic carbocycles. The summed E-state index contributed by atoms with van der Waals surface area (Å²) in [5.41, 5.74) is 0.412. The highest BCUT2D eigenvalue weighted by molar-refractivity contribution is 5.93. The predicted octanol–water partition coefficient (Wildman–Crippen LogP) is 3.72. The first-order chi connectivity index (χ1) is 18.2. The third-order valence-corrected chi connectivity index (χ3v) is 7.12. The van der Waals surface area contributed by atoms with Crippen molar-refractivity contribution in [2.75, 3.05) is 70.2 Å². The molecule has 2 aromatic rings. The van der Waals surface area contributed by atoms with E-state index in [-0.39, 0.29) is 24.3 Å². The van der Waals surface area contributed by atoms with Gasteiger partial charge in [0.25, 0.3) is 0 Å². The number of amides is 2. The summed E-state index contributed by atoms with van der Waals surface area (Å²) >= 11 is 0. The van der Waals surface area contributed by atoms with E-state index >= 15 is 0 Å². The van der Waals surface area contributed by atoms with E-state index in [9.17, 15) is 22.8 Å². The summed E-state index contributed by atoms with van der Waals surface area (Å²) in [5.74, 6) is 0.944. The summed E-state index contributed by atoms with van der Waals surface area (Å²) in [6.07, 6.45) is -3.07. The van der Waals surface area contributed by atoms with E-state index in [0.29, 0.717) is 75.0 Å². The first-order valence-corrected chi connectivity index (χ1v) is 12.6. The number of alkyl halides is 3. The highest BCUT2D eigenvalue weighted by Crippen LogP contribution is 2.32. The number of carbonyl (C=O) groups is 2. The van der Waals surface area contributed by atoms with Crippen molar-refractivity contribution in [2.45, 2.75) is 19.0 Å². The maximum absolute atomic E-state index is 13.1. The zero-order valence-electron chi connectivity index (χ0n) is 21.6. The molecule has 0 unspecified atom stereocenters. The van der Waals surface area contributed by atoms with Crippen molar-refractivity contribution in [3.63, 3.8) is 0 Å². The number of anilines is 2. The topological polar surface area (TPSA) is 74.4 Å². The van der Waals surface area contributed by atoms with Gasteiger partial charge in [-0.2, -0.15) is 13.2 Å².